The van der Waals surface area contributed by atoms with Crippen LogP contribution in [0.5, 0.6) is 0 Å². The van der Waals surface area contributed by atoms with E-state index >= 15 is 0 Å². The molecule has 6 N–H and O–H groups in total. The van der Waals surface area contributed by atoms with Crippen molar-refractivity contribution in [3.63, 3.8) is 0 Å². The van der Waals surface area contributed by atoms with Gasteiger partial charge in [0, 0.05) is 11.3 Å². The van der Waals surface area contributed by atoms with E-state index in [9.17, 15) is 14.3 Å². The van der Waals surface area contributed by atoms with E-state index in [1.54, 1.807) is 0 Å². The summed E-state index contributed by atoms with van der Waals surface area (Å²) in [6, 6.07) is 1.57. The van der Waals surface area contributed by atoms with Crippen LogP contribution >= 0.6 is 0 Å². The summed E-state index contributed by atoms with van der Waals surface area (Å²) in [6.45, 7) is -0.784. The summed E-state index contributed by atoms with van der Waals surface area (Å²) in [6.07, 6.45) is -3.33. The molecule has 1 rings (SSSR count). The Hall–Kier alpha value is -1.70. The second-order valence-corrected chi connectivity index (χ2v) is 3.46. The lowest BCUT2D eigenvalue weighted by atomic mass is 10.0. The number of rotatable bonds is 4. The van der Waals surface area contributed by atoms with Crippen molar-refractivity contribution < 1.29 is 29.6 Å². The van der Waals surface area contributed by atoms with E-state index in [1.807, 2.05) is 0 Å². The third kappa shape index (κ3) is 2.70. The summed E-state index contributed by atoms with van der Waals surface area (Å²) >= 11 is 0. The molecule has 0 amide bonds. The van der Waals surface area contributed by atoms with E-state index < -0.39 is 36.2 Å². The van der Waals surface area contributed by atoms with Crippen molar-refractivity contribution in [1.29, 1.82) is 0 Å². The van der Waals surface area contributed by atoms with E-state index in [0.717, 1.165) is 12.1 Å². The van der Waals surface area contributed by atoms with Crippen molar-refractivity contribution >= 4 is 11.7 Å². The molecule has 1 aromatic rings. The lowest BCUT2D eigenvalue weighted by molar-refractivity contribution is -0.0168. The van der Waals surface area contributed by atoms with Crippen molar-refractivity contribution in [3.8, 4) is 0 Å². The third-order valence-corrected chi connectivity index (χ3v) is 2.27. The normalized spacial score (nSPS) is 14.4. The number of halogens is 1. The number of nitrogens with two attached hydrogens (primary N) is 1. The van der Waals surface area contributed by atoms with Crippen LogP contribution in [0.15, 0.2) is 12.1 Å². The van der Waals surface area contributed by atoms with Gasteiger partial charge < -0.3 is 26.2 Å². The summed E-state index contributed by atoms with van der Waals surface area (Å²) in [5.74, 6) is -2.33. The fraction of sp³-hybridized carbons (Fsp3) is 0.300. The quantitative estimate of drug-likeness (QED) is 0.455. The maximum Gasteiger partial charge on any atom is 0.337 e. The maximum absolute atomic E-state index is 13.4. The van der Waals surface area contributed by atoms with Crippen LogP contribution in [0, 0.1) is 5.82 Å². The van der Waals surface area contributed by atoms with Crippen LogP contribution in [-0.4, -0.2) is 39.1 Å². The number of aliphatic hydroxyl groups excluding tert-OH is 3. The molecule has 17 heavy (non-hydrogen) atoms. The fourth-order valence-corrected chi connectivity index (χ4v) is 1.32. The van der Waals surface area contributed by atoms with Gasteiger partial charge in [0.05, 0.1) is 12.2 Å². The second-order valence-electron chi connectivity index (χ2n) is 3.46. The van der Waals surface area contributed by atoms with E-state index in [2.05, 4.69) is 0 Å². The molecule has 0 bridgehead atoms. The maximum atomic E-state index is 13.4. The minimum absolute atomic E-state index is 0.288. The smallest absolute Gasteiger partial charge is 0.337 e. The molecular weight excluding hydrogens is 233 g/mol. The molecule has 1 aromatic carbocycles. The van der Waals surface area contributed by atoms with Crippen molar-refractivity contribution in [2.45, 2.75) is 12.2 Å². The number of aliphatic hydroxyl groups is 3. The Kier molecular flexibility index (Phi) is 4.00. The van der Waals surface area contributed by atoms with Gasteiger partial charge in [-0.15, -0.1) is 0 Å². The van der Waals surface area contributed by atoms with Crippen LogP contribution < -0.4 is 5.73 Å². The minimum Gasteiger partial charge on any atom is -0.478 e. The highest BCUT2D eigenvalue weighted by Crippen LogP contribution is 2.25. The van der Waals surface area contributed by atoms with Gasteiger partial charge in [0.1, 0.15) is 18.0 Å². The molecule has 0 spiro atoms. The average molecular weight is 245 g/mol. The average Bonchev–Trinajstić information content (AvgIpc) is 2.26. The third-order valence-electron chi connectivity index (χ3n) is 2.27. The Morgan fingerprint density at radius 1 is 1.41 bits per heavy atom. The molecule has 0 saturated heterocycles. The van der Waals surface area contributed by atoms with Gasteiger partial charge >= 0.3 is 5.97 Å². The predicted octanol–water partition coefficient (Wildman–Crippen LogP) is -0.507. The van der Waals surface area contributed by atoms with E-state index in [1.165, 1.54) is 0 Å². The van der Waals surface area contributed by atoms with Gasteiger partial charge in [-0.3, -0.25) is 0 Å². The first-order chi connectivity index (χ1) is 7.88. The standard InChI is InChI=1S/C10H12FNO5/c11-6-2-7(12)5(10(16)17)1-4(6)9(15)8(14)3-13/h1-2,8-9,13-15H,3,12H2,(H,16,17). The van der Waals surface area contributed by atoms with Crippen LogP contribution in [0.1, 0.15) is 22.0 Å². The van der Waals surface area contributed by atoms with Crippen LogP contribution in [0.3, 0.4) is 0 Å². The molecule has 0 aromatic heterocycles. The predicted molar refractivity (Wildman–Crippen MR) is 55.8 cm³/mol. The summed E-state index contributed by atoms with van der Waals surface area (Å²) in [7, 11) is 0. The first-order valence-corrected chi connectivity index (χ1v) is 4.67. The number of hydrogen-bond donors (Lipinski definition) is 5. The lowest BCUT2D eigenvalue weighted by Crippen LogP contribution is -2.23. The largest absolute Gasteiger partial charge is 0.478 e. The molecule has 0 fully saturated rings. The number of carboxylic acids is 1. The van der Waals surface area contributed by atoms with E-state index in [4.69, 9.17) is 21.1 Å². The van der Waals surface area contributed by atoms with Crippen LogP contribution in [-0.2, 0) is 0 Å². The van der Waals surface area contributed by atoms with Crippen molar-refractivity contribution in [1.82, 2.24) is 0 Å². The fourth-order valence-electron chi connectivity index (χ4n) is 1.32. The Balaban J connectivity index is 3.24. The number of nitrogen functional groups attached to an aromatic ring is 1. The first kappa shape index (κ1) is 13.4. The topological polar surface area (TPSA) is 124 Å². The van der Waals surface area contributed by atoms with Crippen molar-refractivity contribution in [2.75, 3.05) is 12.3 Å². The SMILES string of the molecule is Nc1cc(F)c(C(O)C(O)CO)cc1C(=O)O. The number of benzene rings is 1. The zero-order valence-corrected chi connectivity index (χ0v) is 8.67. The molecule has 2 atom stereocenters. The molecule has 0 aliphatic rings. The van der Waals surface area contributed by atoms with Crippen molar-refractivity contribution in [2.24, 2.45) is 0 Å². The molecule has 0 aliphatic carbocycles. The summed E-state index contributed by atoms with van der Waals surface area (Å²) in [4.78, 5) is 10.8. The van der Waals surface area contributed by atoms with E-state index in [-0.39, 0.29) is 11.3 Å². The number of anilines is 1. The van der Waals surface area contributed by atoms with Gasteiger partial charge in [0.2, 0.25) is 0 Å². The Labute approximate surface area is 95.7 Å². The number of carbonyl (C=O) groups is 1. The second kappa shape index (κ2) is 5.09. The molecule has 0 radical (unpaired) electrons. The summed E-state index contributed by atoms with van der Waals surface area (Å²) in [5.41, 5.74) is 4.18. The first-order valence-electron chi connectivity index (χ1n) is 4.67. The number of hydrogen-bond acceptors (Lipinski definition) is 5. The van der Waals surface area contributed by atoms with Crippen LogP contribution in [0.4, 0.5) is 10.1 Å². The highest BCUT2D eigenvalue weighted by Gasteiger charge is 2.23. The zero-order chi connectivity index (χ0) is 13.2. The Bertz CT molecular complexity index is 437. The summed E-state index contributed by atoms with van der Waals surface area (Å²) < 4.78 is 13.4. The van der Waals surface area contributed by atoms with Crippen LogP contribution in [0.2, 0.25) is 0 Å². The van der Waals surface area contributed by atoms with Gasteiger partial charge in [-0.2, -0.15) is 0 Å². The van der Waals surface area contributed by atoms with Crippen LogP contribution in [0.25, 0.3) is 0 Å². The van der Waals surface area contributed by atoms with Gasteiger partial charge in [-0.25, -0.2) is 9.18 Å². The lowest BCUT2D eigenvalue weighted by Gasteiger charge is -2.17. The van der Waals surface area contributed by atoms with Gasteiger partial charge in [-0.1, -0.05) is 0 Å². The molecule has 0 aliphatic heterocycles. The number of aromatic carboxylic acids is 1. The summed E-state index contributed by atoms with van der Waals surface area (Å²) in [5, 5.41) is 36.0. The Morgan fingerprint density at radius 3 is 2.47 bits per heavy atom. The van der Waals surface area contributed by atoms with Gasteiger partial charge in [0.25, 0.3) is 0 Å². The molecule has 94 valence electrons. The molecule has 0 heterocycles. The Morgan fingerprint density at radius 2 is 2.00 bits per heavy atom. The van der Waals surface area contributed by atoms with Gasteiger partial charge in [-0.05, 0) is 12.1 Å². The molecule has 2 unspecified atom stereocenters. The molecular formula is C10H12FNO5. The highest BCUT2D eigenvalue weighted by atomic mass is 19.1. The molecule has 6 nitrogen and oxygen atoms in total. The minimum atomic E-state index is -1.72. The molecule has 0 saturated carbocycles. The van der Waals surface area contributed by atoms with Crippen molar-refractivity contribution in [3.05, 3.63) is 29.1 Å². The monoisotopic (exact) mass is 245 g/mol. The zero-order valence-electron chi connectivity index (χ0n) is 8.67. The van der Waals surface area contributed by atoms with Gasteiger partial charge in [0.15, 0.2) is 0 Å². The highest BCUT2D eigenvalue weighted by molar-refractivity contribution is 5.93. The number of carboxylic acid groups (broad SMARTS) is 1. The van der Waals surface area contributed by atoms with E-state index in [0.29, 0.717) is 0 Å². The molecule has 7 heteroatoms.